The molecule has 0 fully saturated rings. The first-order chi connectivity index (χ1) is 10.2. The fraction of sp³-hybridized carbons (Fsp3) is 0.368. The van der Waals surface area contributed by atoms with E-state index in [9.17, 15) is 4.79 Å². The summed E-state index contributed by atoms with van der Waals surface area (Å²) >= 11 is 0. The molecule has 0 amide bonds. The van der Waals surface area contributed by atoms with Crippen molar-refractivity contribution in [2.45, 2.75) is 39.0 Å². The van der Waals surface area contributed by atoms with E-state index in [1.165, 1.54) is 33.0 Å². The number of allylic oxidation sites excluding steroid dienone is 2. The van der Waals surface area contributed by atoms with Crippen molar-refractivity contribution in [1.29, 1.82) is 0 Å². The Bertz CT molecular complexity index is 787. The van der Waals surface area contributed by atoms with E-state index in [0.29, 0.717) is 11.8 Å². The molecule has 1 aromatic carbocycles. The minimum Gasteiger partial charge on any atom is -0.298 e. The summed E-state index contributed by atoms with van der Waals surface area (Å²) in [4.78, 5) is 15.8. The van der Waals surface area contributed by atoms with Gasteiger partial charge < -0.3 is 0 Å². The second-order valence-electron chi connectivity index (χ2n) is 6.56. The number of benzene rings is 1. The normalized spacial score (nSPS) is 24.1. The van der Waals surface area contributed by atoms with E-state index in [0.717, 1.165) is 31.1 Å². The molecular formula is C19H19NO. The lowest BCUT2D eigenvalue weighted by Gasteiger charge is -2.09. The molecule has 21 heavy (non-hydrogen) atoms. The van der Waals surface area contributed by atoms with E-state index >= 15 is 0 Å². The Morgan fingerprint density at radius 2 is 2.05 bits per heavy atom. The molecule has 0 bridgehead atoms. The summed E-state index contributed by atoms with van der Waals surface area (Å²) in [5.41, 5.74) is 6.28. The van der Waals surface area contributed by atoms with Gasteiger partial charge in [0.15, 0.2) is 0 Å². The van der Waals surface area contributed by atoms with Crippen molar-refractivity contribution in [3.63, 3.8) is 0 Å². The van der Waals surface area contributed by atoms with Crippen molar-refractivity contribution in [3.05, 3.63) is 46.8 Å². The average molecular weight is 277 g/mol. The summed E-state index contributed by atoms with van der Waals surface area (Å²) in [6.45, 7) is 4.42. The predicted octanol–water partition coefficient (Wildman–Crippen LogP) is 4.28. The van der Waals surface area contributed by atoms with Crippen molar-refractivity contribution in [2.75, 3.05) is 0 Å². The van der Waals surface area contributed by atoms with E-state index in [-0.39, 0.29) is 0 Å². The van der Waals surface area contributed by atoms with Gasteiger partial charge in [-0.15, -0.1) is 0 Å². The summed E-state index contributed by atoms with van der Waals surface area (Å²) in [5, 5.41) is 2.61. The molecule has 0 saturated heterocycles. The predicted molar refractivity (Wildman–Crippen MR) is 85.2 cm³/mol. The molecule has 0 saturated carbocycles. The standard InChI is InChI=1S/C19H19NO/c1-11-3-4-16(18(11)10-21)13-6-14-5-12(2)17-9-20-8-15(7-13)19(14)17/h6-12H,3-5H2,1-2H3/t11-,12?/m0/s1. The van der Waals surface area contributed by atoms with E-state index in [2.05, 4.69) is 31.0 Å². The first kappa shape index (κ1) is 12.8. The van der Waals surface area contributed by atoms with Crippen LogP contribution in [0.4, 0.5) is 0 Å². The Morgan fingerprint density at radius 1 is 1.19 bits per heavy atom. The zero-order chi connectivity index (χ0) is 14.6. The van der Waals surface area contributed by atoms with E-state index in [4.69, 9.17) is 0 Å². The number of rotatable bonds is 2. The average Bonchev–Trinajstić information content (AvgIpc) is 3.01. The van der Waals surface area contributed by atoms with E-state index in [1.54, 1.807) is 0 Å². The lowest BCUT2D eigenvalue weighted by Crippen LogP contribution is -1.95. The molecule has 2 heteroatoms. The fourth-order valence-electron chi connectivity index (χ4n) is 4.05. The Morgan fingerprint density at radius 3 is 2.86 bits per heavy atom. The molecule has 1 heterocycles. The largest absolute Gasteiger partial charge is 0.298 e. The summed E-state index contributed by atoms with van der Waals surface area (Å²) in [6, 6.07) is 4.54. The molecule has 0 spiro atoms. The fourth-order valence-corrected chi connectivity index (χ4v) is 4.05. The first-order valence-corrected chi connectivity index (χ1v) is 7.78. The Balaban J connectivity index is 1.96. The zero-order valence-electron chi connectivity index (χ0n) is 12.5. The Hall–Kier alpha value is -1.96. The van der Waals surface area contributed by atoms with Crippen LogP contribution in [-0.4, -0.2) is 11.3 Å². The van der Waals surface area contributed by atoms with Gasteiger partial charge in [-0.05, 0) is 70.4 Å². The number of pyridine rings is 1. The number of nitrogens with zero attached hydrogens (tertiary/aromatic N) is 1. The van der Waals surface area contributed by atoms with Crippen LogP contribution in [0.15, 0.2) is 30.1 Å². The molecule has 0 aliphatic heterocycles. The number of hydrogen-bond acceptors (Lipinski definition) is 2. The smallest absolute Gasteiger partial charge is 0.146 e. The third-order valence-corrected chi connectivity index (χ3v) is 5.21. The molecule has 2 aliphatic carbocycles. The van der Waals surface area contributed by atoms with Crippen LogP contribution < -0.4 is 0 Å². The maximum absolute atomic E-state index is 11.4. The van der Waals surface area contributed by atoms with Gasteiger partial charge in [-0.3, -0.25) is 9.78 Å². The van der Waals surface area contributed by atoms with E-state index < -0.39 is 0 Å². The topological polar surface area (TPSA) is 30.0 Å². The minimum absolute atomic E-state index is 0.394. The molecule has 2 aromatic rings. The molecule has 2 atom stereocenters. The maximum atomic E-state index is 11.4. The third kappa shape index (κ3) is 1.78. The highest BCUT2D eigenvalue weighted by atomic mass is 16.1. The molecule has 0 radical (unpaired) electrons. The molecule has 106 valence electrons. The number of carbonyl (C=O) groups is 1. The summed E-state index contributed by atoms with van der Waals surface area (Å²) in [5.74, 6) is 0.943. The van der Waals surface area contributed by atoms with Crippen LogP contribution in [0.2, 0.25) is 0 Å². The van der Waals surface area contributed by atoms with Crippen molar-refractivity contribution in [3.8, 4) is 0 Å². The summed E-state index contributed by atoms with van der Waals surface area (Å²) in [6.07, 6.45) is 8.23. The maximum Gasteiger partial charge on any atom is 0.146 e. The van der Waals surface area contributed by atoms with Gasteiger partial charge in [-0.2, -0.15) is 0 Å². The van der Waals surface area contributed by atoms with Crippen molar-refractivity contribution >= 4 is 22.6 Å². The second-order valence-corrected chi connectivity index (χ2v) is 6.56. The third-order valence-electron chi connectivity index (χ3n) is 5.21. The summed E-state index contributed by atoms with van der Waals surface area (Å²) < 4.78 is 0. The summed E-state index contributed by atoms with van der Waals surface area (Å²) in [7, 11) is 0. The van der Waals surface area contributed by atoms with Gasteiger partial charge in [-0.25, -0.2) is 0 Å². The van der Waals surface area contributed by atoms with Gasteiger partial charge >= 0.3 is 0 Å². The van der Waals surface area contributed by atoms with Crippen LogP contribution in [0.25, 0.3) is 16.3 Å². The van der Waals surface area contributed by atoms with Gasteiger partial charge in [0, 0.05) is 17.8 Å². The van der Waals surface area contributed by atoms with Crippen LogP contribution in [0, 0.1) is 5.92 Å². The highest BCUT2D eigenvalue weighted by Gasteiger charge is 2.26. The Kier molecular flexibility index (Phi) is 2.75. The monoisotopic (exact) mass is 277 g/mol. The van der Waals surface area contributed by atoms with Crippen molar-refractivity contribution < 1.29 is 4.79 Å². The number of hydrogen-bond donors (Lipinski definition) is 0. The molecule has 0 N–H and O–H groups in total. The number of aromatic nitrogens is 1. The van der Waals surface area contributed by atoms with Crippen molar-refractivity contribution in [1.82, 2.24) is 4.98 Å². The van der Waals surface area contributed by atoms with Gasteiger partial charge in [0.05, 0.1) is 0 Å². The molecular weight excluding hydrogens is 258 g/mol. The van der Waals surface area contributed by atoms with Gasteiger partial charge in [0.1, 0.15) is 6.29 Å². The lowest BCUT2D eigenvalue weighted by atomic mass is 9.96. The SMILES string of the molecule is CC1Cc2cc(C3=C(C=O)[C@@H](C)CC3)cc3cncc1c23. The molecule has 1 aromatic heterocycles. The number of aldehydes is 1. The minimum atomic E-state index is 0.394. The second kappa shape index (κ2) is 4.52. The van der Waals surface area contributed by atoms with E-state index in [1.807, 2.05) is 12.4 Å². The molecule has 2 nitrogen and oxygen atoms in total. The van der Waals surface area contributed by atoms with Crippen LogP contribution in [0.3, 0.4) is 0 Å². The molecule has 4 rings (SSSR count). The van der Waals surface area contributed by atoms with Gasteiger partial charge in [0.2, 0.25) is 0 Å². The van der Waals surface area contributed by atoms with Gasteiger partial charge in [-0.1, -0.05) is 19.9 Å². The Labute approximate surface area is 124 Å². The first-order valence-electron chi connectivity index (χ1n) is 7.78. The van der Waals surface area contributed by atoms with Gasteiger partial charge in [0.25, 0.3) is 0 Å². The molecule has 2 aliphatic rings. The van der Waals surface area contributed by atoms with Crippen LogP contribution in [0.5, 0.6) is 0 Å². The lowest BCUT2D eigenvalue weighted by molar-refractivity contribution is -0.105. The number of carbonyl (C=O) groups excluding carboxylic acids is 1. The highest BCUT2D eigenvalue weighted by Crippen LogP contribution is 2.42. The quantitative estimate of drug-likeness (QED) is 0.767. The van der Waals surface area contributed by atoms with Crippen LogP contribution >= 0.6 is 0 Å². The highest BCUT2D eigenvalue weighted by molar-refractivity contribution is 5.96. The van der Waals surface area contributed by atoms with Crippen molar-refractivity contribution in [2.24, 2.45) is 5.92 Å². The van der Waals surface area contributed by atoms with Crippen LogP contribution in [-0.2, 0) is 11.2 Å². The molecule has 1 unspecified atom stereocenters. The van der Waals surface area contributed by atoms with Crippen LogP contribution in [0.1, 0.15) is 49.3 Å². The zero-order valence-corrected chi connectivity index (χ0v) is 12.5.